The highest BCUT2D eigenvalue weighted by Gasteiger charge is 2.20. The topological polar surface area (TPSA) is 102 Å². The van der Waals surface area contributed by atoms with Crippen molar-refractivity contribution in [3.63, 3.8) is 0 Å². The van der Waals surface area contributed by atoms with Crippen LogP contribution in [0.2, 0.25) is 0 Å². The van der Waals surface area contributed by atoms with Crippen LogP contribution in [0.1, 0.15) is 18.2 Å². The molecule has 0 fully saturated rings. The number of pyridine rings is 1. The monoisotopic (exact) mass is 258 g/mol. The summed E-state index contributed by atoms with van der Waals surface area (Å²) < 4.78 is 0. The van der Waals surface area contributed by atoms with Gasteiger partial charge in [0.1, 0.15) is 6.10 Å². The number of aliphatic hydroxyl groups is 2. The van der Waals surface area contributed by atoms with Gasteiger partial charge in [0.2, 0.25) is 0 Å². The first-order valence-corrected chi connectivity index (χ1v) is 5.94. The van der Waals surface area contributed by atoms with E-state index in [2.05, 4.69) is 15.0 Å². The van der Waals surface area contributed by atoms with Crippen molar-refractivity contribution in [3.05, 3.63) is 52.7 Å². The van der Waals surface area contributed by atoms with Crippen LogP contribution < -0.4 is 0 Å². The van der Waals surface area contributed by atoms with Crippen LogP contribution in [-0.4, -0.2) is 27.8 Å². The zero-order valence-corrected chi connectivity index (χ0v) is 10.2. The minimum Gasteiger partial charge on any atom is -0.390 e. The van der Waals surface area contributed by atoms with Gasteiger partial charge in [-0.3, -0.25) is 4.98 Å². The molecule has 1 aromatic heterocycles. The normalized spacial score (nSPS) is 13.8. The number of hydrogen-bond donors (Lipinski definition) is 2. The van der Waals surface area contributed by atoms with Crippen LogP contribution in [0, 0.1) is 0 Å². The number of benzene rings is 1. The van der Waals surface area contributed by atoms with Gasteiger partial charge in [-0.1, -0.05) is 29.4 Å². The fraction of sp³-hybridized carbons (Fsp3) is 0.308. The second-order valence-corrected chi connectivity index (χ2v) is 4.17. The summed E-state index contributed by atoms with van der Waals surface area (Å²) in [6.45, 7) is 0.138. The maximum Gasteiger partial charge on any atom is 0.122 e. The molecule has 0 spiro atoms. The molecule has 0 saturated heterocycles. The van der Waals surface area contributed by atoms with Crippen LogP contribution in [0.5, 0.6) is 0 Å². The van der Waals surface area contributed by atoms with E-state index < -0.39 is 12.2 Å². The Bertz CT molecular complexity index is 605. The van der Waals surface area contributed by atoms with E-state index in [0.29, 0.717) is 5.69 Å². The SMILES string of the molecule is [N-]=[N+]=NCCC(O)C(O)c1nccc2ccccc12. The summed E-state index contributed by atoms with van der Waals surface area (Å²) in [6.07, 6.45) is -0.319. The van der Waals surface area contributed by atoms with Crippen molar-refractivity contribution in [1.82, 2.24) is 4.98 Å². The van der Waals surface area contributed by atoms with E-state index in [-0.39, 0.29) is 13.0 Å². The third-order valence-electron chi connectivity index (χ3n) is 2.94. The highest BCUT2D eigenvalue weighted by atomic mass is 16.3. The Morgan fingerprint density at radius 3 is 2.84 bits per heavy atom. The second kappa shape index (κ2) is 6.15. The summed E-state index contributed by atoms with van der Waals surface area (Å²) in [4.78, 5) is 6.75. The zero-order chi connectivity index (χ0) is 13.7. The first-order valence-electron chi connectivity index (χ1n) is 5.94. The largest absolute Gasteiger partial charge is 0.390 e. The van der Waals surface area contributed by atoms with Gasteiger partial charge in [0.05, 0.1) is 11.8 Å². The van der Waals surface area contributed by atoms with Gasteiger partial charge in [0.15, 0.2) is 0 Å². The molecule has 19 heavy (non-hydrogen) atoms. The fourth-order valence-electron chi connectivity index (χ4n) is 1.95. The molecule has 0 bridgehead atoms. The van der Waals surface area contributed by atoms with Crippen molar-refractivity contribution < 1.29 is 10.2 Å². The van der Waals surface area contributed by atoms with Crippen molar-refractivity contribution in [3.8, 4) is 0 Å². The van der Waals surface area contributed by atoms with Gasteiger partial charge in [0, 0.05) is 23.0 Å². The number of azide groups is 1. The lowest BCUT2D eigenvalue weighted by Crippen LogP contribution is -2.20. The number of rotatable bonds is 5. The van der Waals surface area contributed by atoms with Gasteiger partial charge in [-0.15, -0.1) is 0 Å². The van der Waals surface area contributed by atoms with E-state index >= 15 is 0 Å². The van der Waals surface area contributed by atoms with Crippen molar-refractivity contribution in [1.29, 1.82) is 0 Å². The minimum atomic E-state index is -1.10. The maximum atomic E-state index is 10.1. The number of nitrogens with zero attached hydrogens (tertiary/aromatic N) is 4. The zero-order valence-electron chi connectivity index (χ0n) is 10.2. The second-order valence-electron chi connectivity index (χ2n) is 4.17. The van der Waals surface area contributed by atoms with Crippen LogP contribution in [0.25, 0.3) is 21.2 Å². The molecular formula is C13H14N4O2. The van der Waals surface area contributed by atoms with E-state index in [1.54, 1.807) is 6.20 Å². The Labute approximate surface area is 110 Å². The fourth-order valence-corrected chi connectivity index (χ4v) is 1.95. The molecule has 2 rings (SSSR count). The number of aliphatic hydroxyl groups excluding tert-OH is 2. The molecule has 1 aromatic carbocycles. The molecule has 2 unspecified atom stereocenters. The van der Waals surface area contributed by atoms with Gasteiger partial charge in [-0.25, -0.2) is 0 Å². The third-order valence-corrected chi connectivity index (χ3v) is 2.94. The maximum absolute atomic E-state index is 10.1. The average molecular weight is 258 g/mol. The Morgan fingerprint density at radius 1 is 1.26 bits per heavy atom. The van der Waals surface area contributed by atoms with Crippen molar-refractivity contribution in [2.45, 2.75) is 18.6 Å². The average Bonchev–Trinajstić information content (AvgIpc) is 2.46. The molecule has 0 saturated carbocycles. The Morgan fingerprint density at radius 2 is 2.05 bits per heavy atom. The molecule has 6 nitrogen and oxygen atoms in total. The summed E-state index contributed by atoms with van der Waals surface area (Å²) >= 11 is 0. The van der Waals surface area contributed by atoms with Crippen molar-refractivity contribution in [2.24, 2.45) is 5.11 Å². The van der Waals surface area contributed by atoms with E-state index in [1.165, 1.54) is 0 Å². The number of aromatic nitrogens is 1. The Balaban J connectivity index is 2.25. The van der Waals surface area contributed by atoms with Gasteiger partial charge >= 0.3 is 0 Å². The standard InChI is InChI=1S/C13H14N4O2/c14-17-16-8-6-11(18)13(19)12-10-4-2-1-3-9(10)5-7-15-12/h1-5,7,11,13,18-19H,6,8H2. The molecule has 6 heteroatoms. The van der Waals surface area contributed by atoms with Crippen LogP contribution >= 0.6 is 0 Å². The van der Waals surface area contributed by atoms with Crippen LogP contribution in [0.4, 0.5) is 0 Å². The third kappa shape index (κ3) is 3.00. The molecule has 1 heterocycles. The lowest BCUT2D eigenvalue weighted by atomic mass is 10.0. The molecule has 98 valence electrons. The highest BCUT2D eigenvalue weighted by Crippen LogP contribution is 2.25. The van der Waals surface area contributed by atoms with Crippen LogP contribution in [0.3, 0.4) is 0 Å². The lowest BCUT2D eigenvalue weighted by molar-refractivity contribution is 0.0134. The Kier molecular flexibility index (Phi) is 4.30. The molecule has 0 aliphatic carbocycles. The molecule has 2 aromatic rings. The van der Waals surface area contributed by atoms with E-state index in [9.17, 15) is 10.2 Å². The molecule has 0 aliphatic heterocycles. The van der Waals surface area contributed by atoms with E-state index in [1.807, 2.05) is 30.3 Å². The predicted molar refractivity (Wildman–Crippen MR) is 71.3 cm³/mol. The predicted octanol–water partition coefficient (Wildman–Crippen LogP) is 2.33. The lowest BCUT2D eigenvalue weighted by Gasteiger charge is -2.18. The van der Waals surface area contributed by atoms with Crippen LogP contribution in [-0.2, 0) is 0 Å². The molecule has 0 amide bonds. The quantitative estimate of drug-likeness (QED) is 0.488. The smallest absolute Gasteiger partial charge is 0.122 e. The first-order chi connectivity index (χ1) is 9.24. The summed E-state index contributed by atoms with van der Waals surface area (Å²) in [5.74, 6) is 0. The van der Waals surface area contributed by atoms with E-state index in [4.69, 9.17) is 5.53 Å². The van der Waals surface area contributed by atoms with Gasteiger partial charge in [-0.05, 0) is 23.4 Å². The minimum absolute atomic E-state index is 0.138. The molecule has 2 atom stereocenters. The molecular weight excluding hydrogens is 244 g/mol. The van der Waals surface area contributed by atoms with Crippen molar-refractivity contribution >= 4 is 10.8 Å². The summed E-state index contributed by atoms with van der Waals surface area (Å²) in [6, 6.07) is 9.36. The number of hydrogen-bond acceptors (Lipinski definition) is 4. The summed E-state index contributed by atoms with van der Waals surface area (Å²) in [7, 11) is 0. The summed E-state index contributed by atoms with van der Waals surface area (Å²) in [5.41, 5.74) is 8.61. The van der Waals surface area contributed by atoms with Crippen molar-refractivity contribution in [2.75, 3.05) is 6.54 Å². The molecule has 0 aliphatic rings. The highest BCUT2D eigenvalue weighted by molar-refractivity contribution is 5.84. The molecule has 2 N–H and O–H groups in total. The first kappa shape index (κ1) is 13.3. The number of fused-ring (bicyclic) bond motifs is 1. The van der Waals surface area contributed by atoms with Gasteiger partial charge in [0.25, 0.3) is 0 Å². The van der Waals surface area contributed by atoms with Crippen LogP contribution in [0.15, 0.2) is 41.6 Å². The van der Waals surface area contributed by atoms with E-state index in [0.717, 1.165) is 10.8 Å². The van der Waals surface area contributed by atoms with Gasteiger partial charge in [-0.2, -0.15) is 0 Å². The Hall–Kier alpha value is -2.14. The van der Waals surface area contributed by atoms with Gasteiger partial charge < -0.3 is 10.2 Å². The summed E-state index contributed by atoms with van der Waals surface area (Å²) in [5, 5.41) is 25.1. The molecule has 0 radical (unpaired) electrons.